The Bertz CT molecular complexity index is 732. The van der Waals surface area contributed by atoms with Crippen LogP contribution >= 0.6 is 0 Å². The second kappa shape index (κ2) is 4.44. The lowest BCUT2D eigenvalue weighted by atomic mass is 10.2. The number of carbonyl (C=O) groups is 1. The van der Waals surface area contributed by atoms with Gasteiger partial charge >= 0.3 is 11.7 Å². The van der Waals surface area contributed by atoms with E-state index in [-0.39, 0.29) is 23.9 Å². The zero-order valence-corrected chi connectivity index (χ0v) is 9.14. The normalized spacial score (nSPS) is 10.7. The van der Waals surface area contributed by atoms with Crippen LogP contribution in [0.1, 0.15) is 6.42 Å². The molecule has 0 fully saturated rings. The van der Waals surface area contributed by atoms with Crippen molar-refractivity contribution in [2.45, 2.75) is 13.0 Å². The zero-order chi connectivity index (χ0) is 13.3. The average molecular weight is 252 g/mol. The summed E-state index contributed by atoms with van der Waals surface area (Å²) in [7, 11) is 0. The Morgan fingerprint density at radius 3 is 2.78 bits per heavy atom. The molecule has 1 aromatic heterocycles. The van der Waals surface area contributed by atoms with Crippen molar-refractivity contribution in [3.63, 3.8) is 0 Å². The van der Waals surface area contributed by atoms with E-state index in [1.54, 1.807) is 0 Å². The molecule has 94 valence electrons. The van der Waals surface area contributed by atoms with Gasteiger partial charge in [-0.2, -0.15) is 0 Å². The lowest BCUT2D eigenvalue weighted by Gasteiger charge is -2.04. The minimum Gasteiger partial charge on any atom is -0.481 e. The van der Waals surface area contributed by atoms with E-state index in [2.05, 4.69) is 4.98 Å². The third-order valence-corrected chi connectivity index (χ3v) is 2.49. The van der Waals surface area contributed by atoms with Crippen molar-refractivity contribution >= 4 is 16.9 Å². The van der Waals surface area contributed by atoms with Crippen LogP contribution in [0.15, 0.2) is 27.8 Å². The highest BCUT2D eigenvalue weighted by molar-refractivity contribution is 5.77. The van der Waals surface area contributed by atoms with Crippen LogP contribution in [-0.4, -0.2) is 20.6 Å². The first-order valence-electron chi connectivity index (χ1n) is 5.13. The fourth-order valence-corrected chi connectivity index (χ4v) is 1.64. The number of aromatic nitrogens is 2. The van der Waals surface area contributed by atoms with Gasteiger partial charge in [-0.1, -0.05) is 0 Å². The predicted molar refractivity (Wildman–Crippen MR) is 61.0 cm³/mol. The summed E-state index contributed by atoms with van der Waals surface area (Å²) in [6, 6.07) is 3.39. The van der Waals surface area contributed by atoms with Gasteiger partial charge in [-0.05, 0) is 18.2 Å². The molecule has 0 amide bonds. The summed E-state index contributed by atoms with van der Waals surface area (Å²) in [5, 5.41) is 8.67. The minimum absolute atomic E-state index is 0.0941. The number of halogens is 1. The number of nitrogens with zero attached hydrogens (tertiary/aromatic N) is 1. The topological polar surface area (TPSA) is 92.2 Å². The summed E-state index contributed by atoms with van der Waals surface area (Å²) < 4.78 is 13.7. The Kier molecular flexibility index (Phi) is 2.97. The molecule has 0 bridgehead atoms. The summed E-state index contributed by atoms with van der Waals surface area (Å²) in [6.45, 7) is -0.225. The first kappa shape index (κ1) is 12.0. The second-order valence-corrected chi connectivity index (χ2v) is 3.72. The van der Waals surface area contributed by atoms with Crippen molar-refractivity contribution in [3.05, 3.63) is 44.9 Å². The molecule has 7 heteroatoms. The maximum absolute atomic E-state index is 12.9. The monoisotopic (exact) mass is 252 g/mol. The number of aromatic amines is 1. The van der Waals surface area contributed by atoms with Crippen molar-refractivity contribution in [2.24, 2.45) is 0 Å². The highest BCUT2D eigenvalue weighted by Crippen LogP contribution is 2.07. The largest absolute Gasteiger partial charge is 0.481 e. The van der Waals surface area contributed by atoms with E-state index < -0.39 is 23.0 Å². The Balaban J connectivity index is 2.62. The number of hydrogen-bond donors (Lipinski definition) is 2. The molecule has 0 unspecified atom stereocenters. The fraction of sp³-hybridized carbons (Fsp3) is 0.182. The van der Waals surface area contributed by atoms with Gasteiger partial charge in [0.1, 0.15) is 5.82 Å². The van der Waals surface area contributed by atoms with E-state index in [0.29, 0.717) is 0 Å². The first-order chi connectivity index (χ1) is 8.49. The molecule has 0 aliphatic heterocycles. The Morgan fingerprint density at radius 2 is 2.11 bits per heavy atom. The number of carboxylic acid groups (broad SMARTS) is 1. The van der Waals surface area contributed by atoms with Crippen LogP contribution in [0.5, 0.6) is 0 Å². The van der Waals surface area contributed by atoms with Crippen LogP contribution in [0.4, 0.5) is 4.39 Å². The number of fused-ring (bicyclic) bond motifs is 1. The van der Waals surface area contributed by atoms with Gasteiger partial charge in [-0.3, -0.25) is 14.2 Å². The van der Waals surface area contributed by atoms with Crippen LogP contribution in [0.2, 0.25) is 0 Å². The van der Waals surface area contributed by atoms with Crippen molar-refractivity contribution < 1.29 is 14.3 Å². The maximum atomic E-state index is 12.9. The fourth-order valence-electron chi connectivity index (χ4n) is 1.64. The van der Waals surface area contributed by atoms with Gasteiger partial charge in [0.05, 0.1) is 17.3 Å². The van der Waals surface area contributed by atoms with Crippen LogP contribution < -0.4 is 11.2 Å². The number of H-pyrrole nitrogens is 1. The summed E-state index contributed by atoms with van der Waals surface area (Å²) >= 11 is 0. The Labute approximate surface area is 99.3 Å². The molecule has 0 spiro atoms. The molecule has 1 aromatic carbocycles. The van der Waals surface area contributed by atoms with Gasteiger partial charge in [0.2, 0.25) is 0 Å². The number of aliphatic carboxylic acids is 1. The van der Waals surface area contributed by atoms with E-state index in [0.717, 1.165) is 16.7 Å². The maximum Gasteiger partial charge on any atom is 0.328 e. The summed E-state index contributed by atoms with van der Waals surface area (Å²) in [6.07, 6.45) is -0.338. The number of benzene rings is 1. The molecule has 0 saturated heterocycles. The second-order valence-electron chi connectivity index (χ2n) is 3.72. The first-order valence-corrected chi connectivity index (χ1v) is 5.13. The van der Waals surface area contributed by atoms with Gasteiger partial charge in [0, 0.05) is 6.54 Å². The van der Waals surface area contributed by atoms with Crippen LogP contribution in [-0.2, 0) is 11.3 Å². The molecule has 2 N–H and O–H groups in total. The average Bonchev–Trinajstić information content (AvgIpc) is 2.27. The van der Waals surface area contributed by atoms with Crippen LogP contribution in [0, 0.1) is 5.82 Å². The molecule has 0 saturated carbocycles. The lowest BCUT2D eigenvalue weighted by molar-refractivity contribution is -0.137. The van der Waals surface area contributed by atoms with Crippen molar-refractivity contribution in [3.8, 4) is 0 Å². The molecular formula is C11H9FN2O4. The van der Waals surface area contributed by atoms with Gasteiger partial charge in [0.15, 0.2) is 0 Å². The predicted octanol–water partition coefficient (Wildman–Crippen LogP) is 0.304. The molecule has 0 aliphatic carbocycles. The van der Waals surface area contributed by atoms with Crippen LogP contribution in [0.3, 0.4) is 0 Å². The smallest absolute Gasteiger partial charge is 0.328 e. The molecule has 0 atom stereocenters. The van der Waals surface area contributed by atoms with E-state index in [4.69, 9.17) is 5.11 Å². The molecule has 0 aliphatic rings. The molecular weight excluding hydrogens is 243 g/mol. The summed E-state index contributed by atoms with van der Waals surface area (Å²) in [4.78, 5) is 36.2. The third kappa shape index (κ3) is 2.15. The van der Waals surface area contributed by atoms with Crippen molar-refractivity contribution in [2.75, 3.05) is 0 Å². The molecule has 0 radical (unpaired) electrons. The minimum atomic E-state index is -1.11. The highest BCUT2D eigenvalue weighted by Gasteiger charge is 2.09. The Morgan fingerprint density at radius 1 is 1.39 bits per heavy atom. The summed E-state index contributed by atoms with van der Waals surface area (Å²) in [5.41, 5.74) is -1.29. The van der Waals surface area contributed by atoms with Crippen molar-refractivity contribution in [1.29, 1.82) is 0 Å². The molecule has 2 rings (SSSR count). The highest BCUT2D eigenvalue weighted by atomic mass is 19.1. The molecule has 1 heterocycles. The van der Waals surface area contributed by atoms with E-state index in [1.807, 2.05) is 0 Å². The van der Waals surface area contributed by atoms with Crippen LogP contribution in [0.25, 0.3) is 10.9 Å². The Hall–Kier alpha value is -2.44. The summed E-state index contributed by atoms with van der Waals surface area (Å²) in [5.74, 6) is -1.68. The lowest BCUT2D eigenvalue weighted by Crippen LogP contribution is -2.35. The standard InChI is InChI=1S/C11H9FN2O4/c12-6-1-2-7-8(5-6)13-11(18)14(10(7)17)4-3-9(15)16/h1-2,5H,3-4H2,(H,13,18)(H,15,16). The van der Waals surface area contributed by atoms with Gasteiger partial charge in [0.25, 0.3) is 5.56 Å². The van der Waals surface area contributed by atoms with Crippen molar-refractivity contribution in [1.82, 2.24) is 9.55 Å². The van der Waals surface area contributed by atoms with E-state index in [1.165, 1.54) is 6.07 Å². The van der Waals surface area contributed by atoms with Gasteiger partial charge in [-0.15, -0.1) is 0 Å². The SMILES string of the molecule is O=C(O)CCn1c(=O)[nH]c2cc(F)ccc2c1=O. The number of nitrogens with one attached hydrogen (secondary N) is 1. The quantitative estimate of drug-likeness (QED) is 0.821. The number of hydrogen-bond acceptors (Lipinski definition) is 3. The molecule has 6 nitrogen and oxygen atoms in total. The van der Waals surface area contributed by atoms with Gasteiger partial charge in [-0.25, -0.2) is 9.18 Å². The van der Waals surface area contributed by atoms with E-state index >= 15 is 0 Å². The number of carboxylic acids is 1. The van der Waals surface area contributed by atoms with Gasteiger partial charge < -0.3 is 10.1 Å². The third-order valence-electron chi connectivity index (χ3n) is 2.49. The molecule has 2 aromatic rings. The molecule has 18 heavy (non-hydrogen) atoms. The number of rotatable bonds is 3. The zero-order valence-electron chi connectivity index (χ0n) is 9.14. The van der Waals surface area contributed by atoms with E-state index in [9.17, 15) is 18.8 Å².